The van der Waals surface area contributed by atoms with Crippen LogP contribution in [-0.2, 0) is 0 Å². The summed E-state index contributed by atoms with van der Waals surface area (Å²) in [5.41, 5.74) is 8.69. The highest BCUT2D eigenvalue weighted by molar-refractivity contribution is 5.99. The Morgan fingerprint density at radius 2 is 2.04 bits per heavy atom. The highest BCUT2D eigenvalue weighted by Crippen LogP contribution is 2.50. The number of rotatable bonds is 3. The largest absolute Gasteiger partial charge is 0.377 e. The molecule has 0 fully saturated rings. The number of carbonyl (C=O) groups is 1. The molecule has 2 aromatic carbocycles. The number of non-ortho nitro benzene ring substituents is 1. The molecule has 0 radical (unpaired) electrons. The lowest BCUT2D eigenvalue weighted by Crippen LogP contribution is -2.31. The molecule has 1 heterocycles. The molecule has 1 amide bonds. The van der Waals surface area contributed by atoms with Gasteiger partial charge < -0.3 is 11.1 Å². The highest BCUT2D eigenvalue weighted by atomic mass is 16.6. The molecule has 3 atom stereocenters. The van der Waals surface area contributed by atoms with Crippen molar-refractivity contribution in [2.75, 3.05) is 5.32 Å². The Labute approximate surface area is 144 Å². The number of nitro benzene ring substituents is 1. The molecule has 0 saturated heterocycles. The van der Waals surface area contributed by atoms with Crippen LogP contribution in [0.15, 0.2) is 54.6 Å². The lowest BCUT2D eigenvalue weighted by molar-refractivity contribution is -0.384. The van der Waals surface area contributed by atoms with Crippen LogP contribution in [0.4, 0.5) is 11.4 Å². The van der Waals surface area contributed by atoms with Gasteiger partial charge in [0, 0.05) is 18.1 Å². The van der Waals surface area contributed by atoms with E-state index in [1.54, 1.807) is 18.2 Å². The summed E-state index contributed by atoms with van der Waals surface area (Å²) in [6.07, 6.45) is 5.16. The van der Waals surface area contributed by atoms with Crippen molar-refractivity contribution in [3.8, 4) is 0 Å². The minimum Gasteiger partial charge on any atom is -0.377 e. The number of nitrogens with zero attached hydrogens (tertiary/aromatic N) is 1. The molecule has 1 aliphatic heterocycles. The average Bonchev–Trinajstić information content (AvgIpc) is 3.10. The van der Waals surface area contributed by atoms with E-state index in [0.29, 0.717) is 5.56 Å². The van der Waals surface area contributed by atoms with Gasteiger partial charge in [0.25, 0.3) is 11.6 Å². The van der Waals surface area contributed by atoms with Gasteiger partial charge in [-0.15, -0.1) is 0 Å². The molecule has 4 rings (SSSR count). The third kappa shape index (κ3) is 2.46. The minimum absolute atomic E-state index is 0.0655. The van der Waals surface area contributed by atoms with E-state index in [9.17, 15) is 14.9 Å². The first-order valence-electron chi connectivity index (χ1n) is 8.16. The van der Waals surface area contributed by atoms with Crippen molar-refractivity contribution >= 4 is 17.3 Å². The molecule has 0 aromatic heterocycles. The van der Waals surface area contributed by atoms with E-state index < -0.39 is 5.91 Å². The number of anilines is 1. The van der Waals surface area contributed by atoms with Crippen molar-refractivity contribution in [2.24, 2.45) is 11.7 Å². The van der Waals surface area contributed by atoms with Crippen LogP contribution < -0.4 is 11.1 Å². The smallest absolute Gasteiger partial charge is 0.269 e. The van der Waals surface area contributed by atoms with Crippen molar-refractivity contribution in [1.29, 1.82) is 0 Å². The van der Waals surface area contributed by atoms with Crippen LogP contribution in [0.3, 0.4) is 0 Å². The average molecular weight is 335 g/mol. The lowest BCUT2D eigenvalue weighted by Gasteiger charge is -2.38. The molecule has 0 unspecified atom stereocenters. The Kier molecular flexibility index (Phi) is 3.53. The normalized spacial score (nSPS) is 23.4. The molecule has 6 heteroatoms. The predicted molar refractivity (Wildman–Crippen MR) is 94.4 cm³/mol. The molecule has 0 spiro atoms. The zero-order valence-electron chi connectivity index (χ0n) is 13.4. The zero-order chi connectivity index (χ0) is 17.6. The van der Waals surface area contributed by atoms with E-state index in [1.165, 1.54) is 6.07 Å². The van der Waals surface area contributed by atoms with Crippen LogP contribution in [0, 0.1) is 16.0 Å². The van der Waals surface area contributed by atoms with Gasteiger partial charge in [-0.05, 0) is 29.5 Å². The van der Waals surface area contributed by atoms with Crippen molar-refractivity contribution in [1.82, 2.24) is 0 Å². The van der Waals surface area contributed by atoms with Crippen LogP contribution >= 0.6 is 0 Å². The highest BCUT2D eigenvalue weighted by Gasteiger charge is 2.39. The quantitative estimate of drug-likeness (QED) is 0.509. The summed E-state index contributed by atoms with van der Waals surface area (Å²) >= 11 is 0. The summed E-state index contributed by atoms with van der Waals surface area (Å²) < 4.78 is 0. The first-order valence-corrected chi connectivity index (χ1v) is 8.16. The minimum atomic E-state index is -0.484. The lowest BCUT2D eigenvalue weighted by atomic mass is 9.76. The number of hydrogen-bond donors (Lipinski definition) is 2. The summed E-state index contributed by atoms with van der Waals surface area (Å²) in [5.74, 6) is -0.0694. The number of primary amides is 1. The molecule has 25 heavy (non-hydrogen) atoms. The second kappa shape index (κ2) is 5.73. The Hall–Kier alpha value is -3.15. The van der Waals surface area contributed by atoms with Crippen molar-refractivity contribution in [3.05, 3.63) is 81.4 Å². The standard InChI is InChI=1S/C19H17N3O3/c20-19(23)16-9-3-8-15-13-6-2-7-14(13)17(21-18(15)16)11-4-1-5-12(10-11)22(24)25/h1-6,8-10,13-14,17,21H,7H2,(H2,20,23)/t13-,14+,17+/m0/s1. The van der Waals surface area contributed by atoms with Gasteiger partial charge in [0.15, 0.2) is 0 Å². The predicted octanol–water partition coefficient (Wildman–Crippen LogP) is 3.52. The van der Waals surface area contributed by atoms with Crippen molar-refractivity contribution < 1.29 is 9.72 Å². The van der Waals surface area contributed by atoms with E-state index in [4.69, 9.17) is 5.73 Å². The number of amides is 1. The molecule has 3 N–H and O–H groups in total. The number of hydrogen-bond acceptors (Lipinski definition) is 4. The summed E-state index contributed by atoms with van der Waals surface area (Å²) in [6, 6.07) is 12.1. The fraction of sp³-hybridized carbons (Fsp3) is 0.211. The molecule has 0 bridgehead atoms. The van der Waals surface area contributed by atoms with Gasteiger partial charge in [-0.1, -0.05) is 36.4 Å². The Balaban J connectivity index is 1.83. The summed E-state index contributed by atoms with van der Waals surface area (Å²) in [6.45, 7) is 0. The van der Waals surface area contributed by atoms with Gasteiger partial charge in [0.1, 0.15) is 0 Å². The number of para-hydroxylation sites is 1. The second-order valence-corrected chi connectivity index (χ2v) is 6.46. The maximum Gasteiger partial charge on any atom is 0.269 e. The molecular weight excluding hydrogens is 318 g/mol. The molecule has 2 aliphatic rings. The maximum absolute atomic E-state index is 11.8. The Morgan fingerprint density at radius 1 is 1.24 bits per heavy atom. The first-order chi connectivity index (χ1) is 12.1. The van der Waals surface area contributed by atoms with E-state index in [1.807, 2.05) is 18.2 Å². The molecule has 126 valence electrons. The molecule has 0 saturated carbocycles. The van der Waals surface area contributed by atoms with Crippen LogP contribution in [0.5, 0.6) is 0 Å². The number of nitro groups is 1. The molecule has 6 nitrogen and oxygen atoms in total. The zero-order valence-corrected chi connectivity index (χ0v) is 13.4. The monoisotopic (exact) mass is 335 g/mol. The van der Waals surface area contributed by atoms with Crippen LogP contribution in [-0.4, -0.2) is 10.8 Å². The summed E-state index contributed by atoms with van der Waals surface area (Å²) in [7, 11) is 0. The van der Waals surface area contributed by atoms with Gasteiger partial charge in [-0.3, -0.25) is 14.9 Å². The number of benzene rings is 2. The van der Waals surface area contributed by atoms with Gasteiger partial charge in [-0.25, -0.2) is 0 Å². The van der Waals surface area contributed by atoms with E-state index >= 15 is 0 Å². The molecule has 1 aliphatic carbocycles. The fourth-order valence-electron chi connectivity index (χ4n) is 3.99. The summed E-state index contributed by atoms with van der Waals surface area (Å²) in [5, 5.41) is 14.6. The third-order valence-corrected chi connectivity index (χ3v) is 5.10. The Bertz CT molecular complexity index is 907. The topological polar surface area (TPSA) is 98.3 Å². The number of nitrogens with one attached hydrogen (secondary N) is 1. The maximum atomic E-state index is 11.8. The Morgan fingerprint density at radius 3 is 2.80 bits per heavy atom. The van der Waals surface area contributed by atoms with E-state index in [0.717, 1.165) is 23.2 Å². The van der Waals surface area contributed by atoms with Gasteiger partial charge in [0.05, 0.1) is 22.2 Å². The fourth-order valence-corrected chi connectivity index (χ4v) is 3.99. The van der Waals surface area contributed by atoms with Crippen LogP contribution in [0.25, 0.3) is 0 Å². The van der Waals surface area contributed by atoms with Gasteiger partial charge >= 0.3 is 0 Å². The third-order valence-electron chi connectivity index (χ3n) is 5.10. The summed E-state index contributed by atoms with van der Waals surface area (Å²) in [4.78, 5) is 22.6. The second-order valence-electron chi connectivity index (χ2n) is 6.46. The van der Waals surface area contributed by atoms with Gasteiger partial charge in [0.2, 0.25) is 0 Å². The van der Waals surface area contributed by atoms with Crippen LogP contribution in [0.2, 0.25) is 0 Å². The van der Waals surface area contributed by atoms with Crippen molar-refractivity contribution in [3.63, 3.8) is 0 Å². The van der Waals surface area contributed by atoms with Gasteiger partial charge in [-0.2, -0.15) is 0 Å². The molecule has 2 aromatic rings. The number of fused-ring (bicyclic) bond motifs is 3. The molecular formula is C19H17N3O3. The number of carbonyl (C=O) groups excluding carboxylic acids is 1. The van der Waals surface area contributed by atoms with Crippen molar-refractivity contribution in [2.45, 2.75) is 18.4 Å². The van der Waals surface area contributed by atoms with E-state index in [2.05, 4.69) is 17.5 Å². The first kappa shape index (κ1) is 15.4. The SMILES string of the molecule is NC(=O)c1cccc2c1N[C@H](c1cccc([N+](=O)[O-])c1)[C@@H]1CC=C[C@H]21. The number of allylic oxidation sites excluding steroid dienone is 2. The van der Waals surface area contributed by atoms with E-state index in [-0.39, 0.29) is 28.5 Å². The number of nitrogens with two attached hydrogens (primary N) is 1. The van der Waals surface area contributed by atoms with Crippen LogP contribution in [0.1, 0.15) is 39.9 Å².